The molecule has 3 aromatic carbocycles. The van der Waals surface area contributed by atoms with Gasteiger partial charge in [0.2, 0.25) is 0 Å². The van der Waals surface area contributed by atoms with Gasteiger partial charge in [0.25, 0.3) is 0 Å². The maximum absolute atomic E-state index is 2.56. The van der Waals surface area contributed by atoms with Gasteiger partial charge in [-0.05, 0) is 53.2 Å². The van der Waals surface area contributed by atoms with E-state index in [9.17, 15) is 0 Å². The third-order valence-electron chi connectivity index (χ3n) is 7.63. The van der Waals surface area contributed by atoms with Gasteiger partial charge in [0, 0.05) is 44.1 Å². The van der Waals surface area contributed by atoms with E-state index in [0.717, 1.165) is 0 Å². The molecule has 30 heavy (non-hydrogen) atoms. The van der Waals surface area contributed by atoms with E-state index in [2.05, 4.69) is 84.8 Å². The Hall–Kier alpha value is -2.46. The van der Waals surface area contributed by atoms with E-state index >= 15 is 0 Å². The molecule has 3 aliphatic rings. The van der Waals surface area contributed by atoms with Gasteiger partial charge in [0.05, 0.1) is 9.40 Å². The molecular weight excluding hydrogens is 402 g/mol. The highest BCUT2D eigenvalue weighted by Gasteiger charge is 2.49. The minimum absolute atomic E-state index is 0.550. The van der Waals surface area contributed by atoms with Crippen LogP contribution in [0.25, 0.3) is 46.4 Å². The first kappa shape index (κ1) is 16.3. The van der Waals surface area contributed by atoms with Gasteiger partial charge in [0.15, 0.2) is 0 Å². The Labute approximate surface area is 182 Å². The minimum atomic E-state index is 0.550. The van der Waals surface area contributed by atoms with E-state index in [0.29, 0.717) is 23.9 Å². The molecule has 0 saturated carbocycles. The monoisotopic (exact) mass is 421 g/mol. The standard InChI is InChI=1S/C27H19NS2/c1-28-21-8-9-22(28)25-17(21)7-6-16-11-20-24(13-18(16)25)30-26-19-10-14-4-2-3-5-15(14)12-23(19)29-27(20)26/h2-13,17,21-22,25H,1H3/t17-,21?,22?,25+/m0/s1. The Morgan fingerprint density at radius 2 is 1.47 bits per heavy atom. The third-order valence-corrected chi connectivity index (χ3v) is 10.1. The zero-order valence-electron chi connectivity index (χ0n) is 16.5. The van der Waals surface area contributed by atoms with E-state index in [4.69, 9.17) is 0 Å². The van der Waals surface area contributed by atoms with Crippen molar-refractivity contribution in [1.29, 1.82) is 0 Å². The number of nitrogens with zero attached hydrogens (tertiary/aromatic N) is 1. The quantitative estimate of drug-likeness (QED) is 0.235. The Balaban J connectivity index is 1.40. The third kappa shape index (κ3) is 1.88. The van der Waals surface area contributed by atoms with Gasteiger partial charge in [-0.25, -0.2) is 0 Å². The van der Waals surface area contributed by atoms with Crippen LogP contribution < -0.4 is 0 Å². The normalized spacial score (nSPS) is 27.1. The highest BCUT2D eigenvalue weighted by Crippen LogP contribution is 2.53. The summed E-state index contributed by atoms with van der Waals surface area (Å²) in [6.07, 6.45) is 9.72. The fourth-order valence-electron chi connectivity index (χ4n) is 6.21. The maximum Gasteiger partial charge on any atom is 0.0542 e. The molecule has 0 radical (unpaired) electrons. The molecule has 4 heterocycles. The average Bonchev–Trinajstić information content (AvgIpc) is 3.48. The predicted molar refractivity (Wildman–Crippen MR) is 132 cm³/mol. The van der Waals surface area contributed by atoms with Gasteiger partial charge in [0.1, 0.15) is 0 Å². The van der Waals surface area contributed by atoms with E-state index in [1.165, 1.54) is 45.9 Å². The Kier molecular flexibility index (Phi) is 2.94. The Morgan fingerprint density at radius 1 is 0.767 bits per heavy atom. The first-order valence-electron chi connectivity index (χ1n) is 10.7. The summed E-state index contributed by atoms with van der Waals surface area (Å²) in [5.74, 6) is 1.23. The van der Waals surface area contributed by atoms with Crippen LogP contribution in [0.15, 0.2) is 66.8 Å². The predicted octanol–water partition coefficient (Wildman–Crippen LogP) is 7.40. The van der Waals surface area contributed by atoms with Crippen LogP contribution in [0, 0.1) is 5.92 Å². The Bertz CT molecular complexity index is 1600. The van der Waals surface area contributed by atoms with Crippen molar-refractivity contribution in [3.05, 3.63) is 77.9 Å². The SMILES string of the molecule is CN1C2C=CC1[C@@H]1C=Cc3cc4c(cc3[C@H]21)sc1c2cc3ccccc3cc2sc41. The first-order valence-corrected chi connectivity index (χ1v) is 12.3. The zero-order valence-corrected chi connectivity index (χ0v) is 18.1. The summed E-state index contributed by atoms with van der Waals surface area (Å²) in [5.41, 5.74) is 2.99. The fourth-order valence-corrected chi connectivity index (χ4v) is 8.90. The summed E-state index contributed by atoms with van der Waals surface area (Å²) in [4.78, 5) is 2.56. The van der Waals surface area contributed by atoms with Crippen LogP contribution in [0.4, 0.5) is 0 Å². The lowest BCUT2D eigenvalue weighted by atomic mass is 9.73. The summed E-state index contributed by atoms with van der Waals surface area (Å²) in [7, 11) is 2.29. The van der Waals surface area contributed by atoms with Crippen LogP contribution in [-0.4, -0.2) is 24.0 Å². The van der Waals surface area contributed by atoms with Crippen molar-refractivity contribution in [1.82, 2.24) is 4.90 Å². The summed E-state index contributed by atoms with van der Waals surface area (Å²) in [6.45, 7) is 0. The van der Waals surface area contributed by atoms with Crippen LogP contribution in [-0.2, 0) is 0 Å². The lowest BCUT2D eigenvalue weighted by Gasteiger charge is -2.29. The fraction of sp³-hybridized carbons (Fsp3) is 0.185. The molecule has 1 nitrogen and oxygen atoms in total. The molecule has 1 aliphatic carbocycles. The number of thiophene rings is 2. The summed E-state index contributed by atoms with van der Waals surface area (Å²) < 4.78 is 5.78. The van der Waals surface area contributed by atoms with Crippen LogP contribution in [0.2, 0.25) is 0 Å². The van der Waals surface area contributed by atoms with Crippen molar-refractivity contribution in [2.24, 2.45) is 5.92 Å². The van der Waals surface area contributed by atoms with E-state index in [-0.39, 0.29) is 0 Å². The smallest absolute Gasteiger partial charge is 0.0542 e. The molecule has 2 aliphatic heterocycles. The molecule has 3 heteroatoms. The first-order chi connectivity index (χ1) is 14.8. The van der Waals surface area contributed by atoms with Gasteiger partial charge < -0.3 is 0 Å². The molecule has 0 spiro atoms. The number of hydrogen-bond donors (Lipinski definition) is 0. The molecule has 2 aromatic heterocycles. The van der Waals surface area contributed by atoms with Gasteiger partial charge in [-0.3, -0.25) is 4.90 Å². The Morgan fingerprint density at radius 3 is 2.30 bits per heavy atom. The van der Waals surface area contributed by atoms with Crippen LogP contribution in [0.3, 0.4) is 0 Å². The summed E-state index contributed by atoms with van der Waals surface area (Å²) in [6, 6.07) is 19.6. The molecule has 8 rings (SSSR count). The molecule has 1 fully saturated rings. The molecule has 4 atom stereocenters. The summed E-state index contributed by atoms with van der Waals surface area (Å²) in [5, 5.41) is 5.53. The van der Waals surface area contributed by atoms with Crippen LogP contribution in [0.1, 0.15) is 17.0 Å². The lowest BCUT2D eigenvalue weighted by molar-refractivity contribution is 0.320. The number of likely N-dealkylation sites (N-methyl/N-ethyl adjacent to an activating group) is 1. The van der Waals surface area contributed by atoms with Gasteiger partial charge in [-0.1, -0.05) is 48.6 Å². The van der Waals surface area contributed by atoms with Crippen LogP contribution >= 0.6 is 22.7 Å². The van der Waals surface area contributed by atoms with Gasteiger partial charge in [-0.2, -0.15) is 0 Å². The molecule has 2 unspecified atom stereocenters. The topological polar surface area (TPSA) is 3.24 Å². The van der Waals surface area contributed by atoms with E-state index < -0.39 is 0 Å². The van der Waals surface area contributed by atoms with Crippen molar-refractivity contribution < 1.29 is 0 Å². The number of benzene rings is 3. The van der Waals surface area contributed by atoms with Crippen molar-refractivity contribution >= 4 is 69.1 Å². The summed E-state index contributed by atoms with van der Waals surface area (Å²) >= 11 is 3.95. The number of hydrogen-bond acceptors (Lipinski definition) is 3. The molecular formula is C27H19NS2. The van der Waals surface area contributed by atoms with Crippen molar-refractivity contribution in [3.63, 3.8) is 0 Å². The maximum atomic E-state index is 2.56. The van der Waals surface area contributed by atoms with Gasteiger partial charge in [-0.15, -0.1) is 22.7 Å². The highest BCUT2D eigenvalue weighted by molar-refractivity contribution is 7.36. The lowest BCUT2D eigenvalue weighted by Crippen LogP contribution is -2.26. The molecule has 1 saturated heterocycles. The van der Waals surface area contributed by atoms with E-state index in [1.807, 2.05) is 22.7 Å². The van der Waals surface area contributed by atoms with Crippen molar-refractivity contribution in [2.45, 2.75) is 18.0 Å². The van der Waals surface area contributed by atoms with Gasteiger partial charge >= 0.3 is 0 Å². The average molecular weight is 422 g/mol. The molecule has 2 bridgehead atoms. The molecule has 0 N–H and O–H groups in total. The molecule has 144 valence electrons. The number of rotatable bonds is 0. The largest absolute Gasteiger partial charge is 0.292 e. The zero-order chi connectivity index (χ0) is 19.6. The second kappa shape index (κ2) is 5.42. The second-order valence-corrected chi connectivity index (χ2v) is 11.1. The highest BCUT2D eigenvalue weighted by atomic mass is 32.1. The van der Waals surface area contributed by atoms with E-state index in [1.54, 1.807) is 5.56 Å². The van der Waals surface area contributed by atoms with Crippen LogP contribution in [0.5, 0.6) is 0 Å². The minimum Gasteiger partial charge on any atom is -0.292 e. The molecule has 5 aromatic rings. The second-order valence-electron chi connectivity index (χ2n) is 9.03. The molecule has 0 amide bonds. The number of fused-ring (bicyclic) bond motifs is 13. The van der Waals surface area contributed by atoms with Crippen molar-refractivity contribution in [2.75, 3.05) is 7.05 Å². The van der Waals surface area contributed by atoms with Crippen molar-refractivity contribution in [3.8, 4) is 0 Å².